The van der Waals surface area contributed by atoms with E-state index >= 15 is 0 Å². The molecule has 2 heterocycles. The molecular formula is C10H7N5O. The van der Waals surface area contributed by atoms with Gasteiger partial charge in [0.2, 0.25) is 0 Å². The Balaban J connectivity index is 2.50. The number of nitrogens with one attached hydrogen (secondary N) is 1. The lowest BCUT2D eigenvalue weighted by molar-refractivity contribution is 1.04. The fraction of sp³-hybridized carbons (Fsp3) is 0.100. The molecule has 0 aromatic carbocycles. The minimum Gasteiger partial charge on any atom is -0.303 e. The zero-order valence-electron chi connectivity index (χ0n) is 8.43. The van der Waals surface area contributed by atoms with Crippen LogP contribution in [0.5, 0.6) is 0 Å². The van der Waals surface area contributed by atoms with Gasteiger partial charge in [0.1, 0.15) is 11.6 Å². The number of rotatable bonds is 1. The molecule has 0 bridgehead atoms. The van der Waals surface area contributed by atoms with E-state index in [2.05, 4.69) is 19.9 Å². The topological polar surface area (TPSA) is 95.3 Å². The molecule has 6 nitrogen and oxygen atoms in total. The molecule has 0 saturated heterocycles. The molecule has 2 aromatic heterocycles. The molecule has 0 radical (unpaired) electrons. The third-order valence-corrected chi connectivity index (χ3v) is 1.91. The van der Waals surface area contributed by atoms with Crippen LogP contribution in [0.4, 0.5) is 0 Å². The number of nitriles is 1. The molecule has 0 unspecified atom stereocenters. The minimum atomic E-state index is -0.489. The molecule has 0 fully saturated rings. The van der Waals surface area contributed by atoms with Crippen LogP contribution in [-0.4, -0.2) is 19.9 Å². The lowest BCUT2D eigenvalue weighted by Crippen LogP contribution is -2.12. The Kier molecular flexibility index (Phi) is 2.44. The average Bonchev–Trinajstić information content (AvgIpc) is 2.30. The first-order valence-corrected chi connectivity index (χ1v) is 4.49. The molecule has 6 heteroatoms. The Morgan fingerprint density at radius 3 is 2.50 bits per heavy atom. The van der Waals surface area contributed by atoms with Crippen molar-refractivity contribution in [3.05, 3.63) is 40.1 Å². The van der Waals surface area contributed by atoms with Crippen molar-refractivity contribution in [2.45, 2.75) is 6.92 Å². The predicted molar refractivity (Wildman–Crippen MR) is 55.3 cm³/mol. The molecule has 0 amide bonds. The van der Waals surface area contributed by atoms with E-state index in [-0.39, 0.29) is 11.4 Å². The number of hydrogen-bond donors (Lipinski definition) is 1. The van der Waals surface area contributed by atoms with Crippen molar-refractivity contribution in [3.63, 3.8) is 0 Å². The lowest BCUT2D eigenvalue weighted by Gasteiger charge is -1.98. The standard InChI is InChI=1S/C10H7N5O/c1-6-3-12-8(13-4-6)9-14-5-7(2-11)10(16)15-9/h3-5H,1H3,(H,14,15,16). The summed E-state index contributed by atoms with van der Waals surface area (Å²) in [5, 5.41) is 8.58. The molecule has 16 heavy (non-hydrogen) atoms. The van der Waals surface area contributed by atoms with Crippen molar-refractivity contribution in [2.75, 3.05) is 0 Å². The molecule has 0 saturated carbocycles. The van der Waals surface area contributed by atoms with E-state index in [0.717, 1.165) is 5.56 Å². The van der Waals surface area contributed by atoms with Crippen LogP contribution >= 0.6 is 0 Å². The zero-order chi connectivity index (χ0) is 11.5. The van der Waals surface area contributed by atoms with Crippen LogP contribution in [0, 0.1) is 18.3 Å². The van der Waals surface area contributed by atoms with Gasteiger partial charge >= 0.3 is 0 Å². The largest absolute Gasteiger partial charge is 0.303 e. The first kappa shape index (κ1) is 9.98. The van der Waals surface area contributed by atoms with Gasteiger partial charge in [0.15, 0.2) is 11.6 Å². The second-order valence-corrected chi connectivity index (χ2v) is 3.17. The monoisotopic (exact) mass is 213 g/mol. The van der Waals surface area contributed by atoms with Gasteiger partial charge in [0.25, 0.3) is 5.56 Å². The molecule has 0 aliphatic heterocycles. The van der Waals surface area contributed by atoms with Crippen LogP contribution in [0.25, 0.3) is 11.6 Å². The van der Waals surface area contributed by atoms with Gasteiger partial charge in [-0.05, 0) is 12.5 Å². The Bertz CT molecular complexity index is 608. The van der Waals surface area contributed by atoms with E-state index in [1.807, 2.05) is 6.92 Å². The van der Waals surface area contributed by atoms with Gasteiger partial charge in [-0.2, -0.15) is 5.26 Å². The van der Waals surface area contributed by atoms with Gasteiger partial charge in [-0.3, -0.25) is 4.79 Å². The highest BCUT2D eigenvalue weighted by Gasteiger charge is 2.05. The maximum atomic E-state index is 11.3. The van der Waals surface area contributed by atoms with Gasteiger partial charge in [-0.1, -0.05) is 0 Å². The third-order valence-electron chi connectivity index (χ3n) is 1.91. The van der Waals surface area contributed by atoms with Crippen LogP contribution in [0.15, 0.2) is 23.4 Å². The van der Waals surface area contributed by atoms with Crippen molar-refractivity contribution in [3.8, 4) is 17.7 Å². The first-order chi connectivity index (χ1) is 7.70. The number of hydrogen-bond acceptors (Lipinski definition) is 5. The summed E-state index contributed by atoms with van der Waals surface area (Å²) in [5.74, 6) is 0.580. The summed E-state index contributed by atoms with van der Waals surface area (Å²) in [5.41, 5.74) is 0.396. The van der Waals surface area contributed by atoms with E-state index in [1.54, 1.807) is 18.5 Å². The highest BCUT2D eigenvalue weighted by atomic mass is 16.1. The summed E-state index contributed by atoms with van der Waals surface area (Å²) in [6, 6.07) is 1.74. The molecule has 2 rings (SSSR count). The number of aryl methyl sites for hydroxylation is 1. The van der Waals surface area contributed by atoms with Gasteiger partial charge in [-0.25, -0.2) is 15.0 Å². The molecule has 0 spiro atoms. The quantitative estimate of drug-likeness (QED) is 0.740. The maximum absolute atomic E-state index is 11.3. The Hall–Kier alpha value is -2.55. The van der Waals surface area contributed by atoms with E-state index in [9.17, 15) is 4.79 Å². The van der Waals surface area contributed by atoms with Gasteiger partial charge < -0.3 is 4.98 Å². The smallest absolute Gasteiger partial charge is 0.269 e. The van der Waals surface area contributed by atoms with Crippen LogP contribution in [0.1, 0.15) is 11.1 Å². The summed E-state index contributed by atoms with van der Waals surface area (Å²) in [6.45, 7) is 1.86. The summed E-state index contributed by atoms with van der Waals surface area (Å²) in [6.07, 6.45) is 4.46. The van der Waals surface area contributed by atoms with Crippen LogP contribution in [-0.2, 0) is 0 Å². The second kappa shape index (κ2) is 3.90. The van der Waals surface area contributed by atoms with Crippen molar-refractivity contribution in [1.29, 1.82) is 5.26 Å². The Morgan fingerprint density at radius 2 is 1.94 bits per heavy atom. The normalized spacial score (nSPS) is 9.75. The van der Waals surface area contributed by atoms with Gasteiger partial charge in [0.05, 0.1) is 6.20 Å². The number of H-pyrrole nitrogens is 1. The molecule has 78 valence electrons. The van der Waals surface area contributed by atoms with E-state index in [1.165, 1.54) is 6.20 Å². The molecule has 2 aromatic rings. The summed E-state index contributed by atoms with van der Waals surface area (Å²) < 4.78 is 0. The molecule has 0 aliphatic rings. The first-order valence-electron chi connectivity index (χ1n) is 4.49. The number of aromatic amines is 1. The second-order valence-electron chi connectivity index (χ2n) is 3.17. The highest BCUT2D eigenvalue weighted by molar-refractivity contribution is 5.42. The van der Waals surface area contributed by atoms with Crippen molar-refractivity contribution < 1.29 is 0 Å². The third kappa shape index (κ3) is 1.79. The SMILES string of the molecule is Cc1cnc(-c2ncc(C#N)c(=O)[nH]2)nc1. The van der Waals surface area contributed by atoms with E-state index in [4.69, 9.17) is 5.26 Å². The Labute approximate surface area is 90.7 Å². The summed E-state index contributed by atoms with van der Waals surface area (Å²) in [7, 11) is 0. The average molecular weight is 213 g/mol. The highest BCUT2D eigenvalue weighted by Crippen LogP contribution is 2.05. The molecule has 0 atom stereocenters. The minimum absolute atomic E-state index is 0.0316. The number of nitrogens with zero attached hydrogens (tertiary/aromatic N) is 4. The fourth-order valence-corrected chi connectivity index (χ4v) is 1.10. The predicted octanol–water partition coefficient (Wildman–Crippen LogP) is 0.407. The van der Waals surface area contributed by atoms with Crippen molar-refractivity contribution in [1.82, 2.24) is 19.9 Å². The summed E-state index contributed by atoms with van der Waals surface area (Å²) >= 11 is 0. The fourth-order valence-electron chi connectivity index (χ4n) is 1.10. The van der Waals surface area contributed by atoms with Crippen LogP contribution in [0.3, 0.4) is 0 Å². The lowest BCUT2D eigenvalue weighted by atomic mass is 10.3. The van der Waals surface area contributed by atoms with E-state index < -0.39 is 5.56 Å². The number of aromatic nitrogens is 4. The van der Waals surface area contributed by atoms with Gasteiger partial charge in [0, 0.05) is 12.4 Å². The molecule has 0 aliphatic carbocycles. The maximum Gasteiger partial charge on any atom is 0.269 e. The molecule has 1 N–H and O–H groups in total. The van der Waals surface area contributed by atoms with Gasteiger partial charge in [-0.15, -0.1) is 0 Å². The van der Waals surface area contributed by atoms with Crippen molar-refractivity contribution >= 4 is 0 Å². The summed E-state index contributed by atoms with van der Waals surface area (Å²) in [4.78, 5) is 25.7. The Morgan fingerprint density at radius 1 is 1.25 bits per heavy atom. The van der Waals surface area contributed by atoms with Crippen molar-refractivity contribution in [2.24, 2.45) is 0 Å². The van der Waals surface area contributed by atoms with Crippen LogP contribution in [0.2, 0.25) is 0 Å². The molecular weight excluding hydrogens is 206 g/mol. The van der Waals surface area contributed by atoms with Crippen LogP contribution < -0.4 is 5.56 Å². The van der Waals surface area contributed by atoms with E-state index in [0.29, 0.717) is 5.82 Å². The zero-order valence-corrected chi connectivity index (χ0v) is 8.43.